The van der Waals surface area contributed by atoms with E-state index in [0.717, 1.165) is 6.42 Å². The maximum absolute atomic E-state index is 12.1. The molecular weight excluding hydrogens is 262 g/mol. The summed E-state index contributed by atoms with van der Waals surface area (Å²) in [6, 6.07) is 7.74. The number of nitriles is 1. The number of rotatable bonds is 6. The summed E-state index contributed by atoms with van der Waals surface area (Å²) in [6.07, 6.45) is 0.739. The molecule has 6 heteroatoms. The van der Waals surface area contributed by atoms with E-state index in [2.05, 4.69) is 4.72 Å². The maximum atomic E-state index is 12.1. The smallest absolute Gasteiger partial charge is 0.241 e. The molecule has 0 aliphatic heterocycles. The predicted octanol–water partition coefficient (Wildman–Crippen LogP) is 1.21. The average molecular weight is 281 g/mol. The van der Waals surface area contributed by atoms with E-state index in [-0.39, 0.29) is 23.0 Å². The molecule has 1 rings (SSSR count). The fraction of sp³-hybridized carbons (Fsp3) is 0.462. The first-order valence-corrected chi connectivity index (χ1v) is 7.59. The highest BCUT2D eigenvalue weighted by molar-refractivity contribution is 7.89. The van der Waals surface area contributed by atoms with Gasteiger partial charge in [0.1, 0.15) is 6.07 Å². The van der Waals surface area contributed by atoms with Crippen molar-refractivity contribution >= 4 is 10.0 Å². The number of sulfonamides is 1. The van der Waals surface area contributed by atoms with E-state index in [1.165, 1.54) is 12.1 Å². The lowest BCUT2D eigenvalue weighted by molar-refractivity contribution is 0.486. The summed E-state index contributed by atoms with van der Waals surface area (Å²) < 4.78 is 26.6. The second-order valence-corrected chi connectivity index (χ2v) is 6.58. The van der Waals surface area contributed by atoms with Gasteiger partial charge in [-0.1, -0.05) is 26.0 Å². The van der Waals surface area contributed by atoms with Crippen LogP contribution in [-0.2, 0) is 10.0 Å². The standard InChI is InChI=1S/C13H19N3O2S/c1-10(2)7-12(15)9-16-19(17,18)13-6-4-3-5-11(13)8-14/h3-6,10,12,16H,7,9,15H2,1-2H3. The van der Waals surface area contributed by atoms with Crippen molar-refractivity contribution in [2.75, 3.05) is 6.54 Å². The number of nitrogens with one attached hydrogen (secondary N) is 1. The monoisotopic (exact) mass is 281 g/mol. The SMILES string of the molecule is CC(C)CC(N)CNS(=O)(=O)c1ccccc1C#N. The van der Waals surface area contributed by atoms with E-state index in [0.29, 0.717) is 5.92 Å². The Morgan fingerprint density at radius 2 is 2.00 bits per heavy atom. The van der Waals surface area contributed by atoms with Gasteiger partial charge in [-0.2, -0.15) is 5.26 Å². The third-order valence-corrected chi connectivity index (χ3v) is 4.09. The van der Waals surface area contributed by atoms with Crippen molar-refractivity contribution in [3.05, 3.63) is 29.8 Å². The van der Waals surface area contributed by atoms with Crippen LogP contribution in [0, 0.1) is 17.2 Å². The van der Waals surface area contributed by atoms with Crippen molar-refractivity contribution in [3.63, 3.8) is 0 Å². The minimum Gasteiger partial charge on any atom is -0.327 e. The molecule has 0 heterocycles. The molecule has 0 aliphatic carbocycles. The molecule has 1 aromatic rings. The number of nitrogens with zero attached hydrogens (tertiary/aromatic N) is 1. The van der Waals surface area contributed by atoms with Crippen LogP contribution in [0.5, 0.6) is 0 Å². The van der Waals surface area contributed by atoms with E-state index >= 15 is 0 Å². The number of nitrogens with two attached hydrogens (primary N) is 1. The topological polar surface area (TPSA) is 96.0 Å². The summed E-state index contributed by atoms with van der Waals surface area (Å²) in [5.41, 5.74) is 5.97. The molecule has 1 aromatic carbocycles. The molecule has 0 bridgehead atoms. The van der Waals surface area contributed by atoms with Gasteiger partial charge in [-0.05, 0) is 24.5 Å². The first kappa shape index (κ1) is 15.6. The van der Waals surface area contributed by atoms with Gasteiger partial charge in [0, 0.05) is 12.6 Å². The molecule has 0 fully saturated rings. The summed E-state index contributed by atoms with van der Waals surface area (Å²) in [6.45, 7) is 4.22. The maximum Gasteiger partial charge on any atom is 0.241 e. The lowest BCUT2D eigenvalue weighted by atomic mass is 10.1. The predicted molar refractivity (Wildman–Crippen MR) is 73.8 cm³/mol. The van der Waals surface area contributed by atoms with Crippen molar-refractivity contribution in [3.8, 4) is 6.07 Å². The Kier molecular flexibility index (Phi) is 5.48. The number of hydrogen-bond acceptors (Lipinski definition) is 4. The third kappa shape index (κ3) is 4.63. The Labute approximate surface area is 114 Å². The van der Waals surface area contributed by atoms with E-state index < -0.39 is 10.0 Å². The lowest BCUT2D eigenvalue weighted by Crippen LogP contribution is -2.38. The molecule has 0 aliphatic rings. The second-order valence-electron chi connectivity index (χ2n) is 4.85. The Morgan fingerprint density at radius 1 is 1.37 bits per heavy atom. The molecule has 0 saturated carbocycles. The van der Waals surface area contributed by atoms with Crippen molar-refractivity contribution in [2.45, 2.75) is 31.2 Å². The van der Waals surface area contributed by atoms with Crippen LogP contribution in [0.1, 0.15) is 25.8 Å². The van der Waals surface area contributed by atoms with E-state index in [1.807, 2.05) is 19.9 Å². The van der Waals surface area contributed by atoms with Crippen LogP contribution in [0.25, 0.3) is 0 Å². The van der Waals surface area contributed by atoms with Gasteiger partial charge in [0.15, 0.2) is 0 Å². The van der Waals surface area contributed by atoms with Gasteiger partial charge in [-0.15, -0.1) is 0 Å². The van der Waals surface area contributed by atoms with Crippen LogP contribution in [0.3, 0.4) is 0 Å². The largest absolute Gasteiger partial charge is 0.327 e. The van der Waals surface area contributed by atoms with Gasteiger partial charge in [0.05, 0.1) is 10.5 Å². The lowest BCUT2D eigenvalue weighted by Gasteiger charge is -2.15. The average Bonchev–Trinajstić information content (AvgIpc) is 2.36. The minimum absolute atomic E-state index is 0.00533. The van der Waals surface area contributed by atoms with Gasteiger partial charge in [-0.3, -0.25) is 0 Å². The van der Waals surface area contributed by atoms with E-state index in [9.17, 15) is 8.42 Å². The Morgan fingerprint density at radius 3 is 2.58 bits per heavy atom. The quantitative estimate of drug-likeness (QED) is 0.819. The minimum atomic E-state index is -3.69. The van der Waals surface area contributed by atoms with Crippen molar-refractivity contribution in [2.24, 2.45) is 11.7 Å². The van der Waals surface area contributed by atoms with Gasteiger partial charge in [-0.25, -0.2) is 13.1 Å². The van der Waals surface area contributed by atoms with Gasteiger partial charge < -0.3 is 5.73 Å². The Hall–Kier alpha value is -1.42. The van der Waals surface area contributed by atoms with Gasteiger partial charge >= 0.3 is 0 Å². The molecular formula is C13H19N3O2S. The molecule has 1 atom stereocenters. The van der Waals surface area contributed by atoms with Gasteiger partial charge in [0.25, 0.3) is 0 Å². The first-order chi connectivity index (χ1) is 8.86. The molecule has 5 nitrogen and oxygen atoms in total. The molecule has 0 aromatic heterocycles. The van der Waals surface area contributed by atoms with Crippen LogP contribution >= 0.6 is 0 Å². The molecule has 19 heavy (non-hydrogen) atoms. The second kappa shape index (κ2) is 6.66. The zero-order chi connectivity index (χ0) is 14.5. The Balaban J connectivity index is 2.80. The normalized spacial score (nSPS) is 13.2. The van der Waals surface area contributed by atoms with Crippen LogP contribution in [-0.4, -0.2) is 21.0 Å². The summed E-state index contributed by atoms with van der Waals surface area (Å²) in [5.74, 6) is 0.408. The van der Waals surface area contributed by atoms with Crippen LogP contribution in [0.2, 0.25) is 0 Å². The fourth-order valence-electron chi connectivity index (χ4n) is 1.78. The van der Waals surface area contributed by atoms with Crippen molar-refractivity contribution in [1.29, 1.82) is 5.26 Å². The van der Waals surface area contributed by atoms with Gasteiger partial charge in [0.2, 0.25) is 10.0 Å². The summed E-state index contributed by atoms with van der Waals surface area (Å²) >= 11 is 0. The summed E-state index contributed by atoms with van der Waals surface area (Å²) in [7, 11) is -3.69. The molecule has 3 N–H and O–H groups in total. The molecule has 104 valence electrons. The fourth-order valence-corrected chi connectivity index (χ4v) is 3.03. The van der Waals surface area contributed by atoms with Crippen molar-refractivity contribution in [1.82, 2.24) is 4.72 Å². The molecule has 1 unspecified atom stereocenters. The van der Waals surface area contributed by atoms with Crippen molar-refractivity contribution < 1.29 is 8.42 Å². The zero-order valence-corrected chi connectivity index (χ0v) is 11.9. The van der Waals surface area contributed by atoms with Crippen LogP contribution < -0.4 is 10.5 Å². The van der Waals surface area contributed by atoms with Crippen LogP contribution in [0.4, 0.5) is 0 Å². The number of benzene rings is 1. The highest BCUT2D eigenvalue weighted by Gasteiger charge is 2.19. The molecule has 0 saturated heterocycles. The summed E-state index contributed by atoms with van der Waals surface area (Å²) in [5, 5.41) is 8.91. The molecule has 0 spiro atoms. The van der Waals surface area contributed by atoms with E-state index in [4.69, 9.17) is 11.0 Å². The van der Waals surface area contributed by atoms with E-state index in [1.54, 1.807) is 12.1 Å². The Bertz CT molecular complexity index is 561. The number of hydrogen-bond donors (Lipinski definition) is 2. The summed E-state index contributed by atoms with van der Waals surface area (Å²) in [4.78, 5) is -0.00533. The first-order valence-electron chi connectivity index (χ1n) is 6.11. The zero-order valence-electron chi connectivity index (χ0n) is 11.1. The molecule has 0 amide bonds. The van der Waals surface area contributed by atoms with Crippen LogP contribution in [0.15, 0.2) is 29.2 Å². The molecule has 0 radical (unpaired) electrons. The third-order valence-electron chi connectivity index (χ3n) is 2.61. The highest BCUT2D eigenvalue weighted by Crippen LogP contribution is 2.14. The highest BCUT2D eigenvalue weighted by atomic mass is 32.2.